The van der Waals surface area contributed by atoms with Gasteiger partial charge in [-0.3, -0.25) is 4.98 Å². The maximum Gasteiger partial charge on any atom is 0.0558 e. The lowest BCUT2D eigenvalue weighted by atomic mass is 10.1. The Labute approximate surface area is 99.8 Å². The molecule has 1 saturated carbocycles. The van der Waals surface area contributed by atoms with Crippen molar-refractivity contribution in [1.29, 1.82) is 0 Å². The standard InChI is InChI=1S/C12H17BrN2/c1-15(2)6-5-12-11(13)7-10(8-14-12)9-3-4-9/h7-9H,3-6H2,1-2H3. The Hall–Kier alpha value is -0.410. The van der Waals surface area contributed by atoms with E-state index in [0.29, 0.717) is 0 Å². The molecule has 1 aliphatic carbocycles. The summed E-state index contributed by atoms with van der Waals surface area (Å²) in [6.45, 7) is 1.05. The Balaban J connectivity index is 2.05. The predicted octanol–water partition coefficient (Wildman–Crippen LogP) is 2.83. The van der Waals surface area contributed by atoms with Gasteiger partial charge in [-0.1, -0.05) is 0 Å². The molecule has 1 aromatic rings. The maximum absolute atomic E-state index is 4.54. The summed E-state index contributed by atoms with van der Waals surface area (Å²) in [5.74, 6) is 0.789. The number of hydrogen-bond acceptors (Lipinski definition) is 2. The fourth-order valence-corrected chi connectivity index (χ4v) is 2.20. The van der Waals surface area contributed by atoms with Crippen molar-refractivity contribution >= 4 is 15.9 Å². The van der Waals surface area contributed by atoms with Crippen molar-refractivity contribution in [2.75, 3.05) is 20.6 Å². The van der Waals surface area contributed by atoms with Gasteiger partial charge in [0.2, 0.25) is 0 Å². The third kappa shape index (κ3) is 3.02. The SMILES string of the molecule is CN(C)CCc1ncc(C2CC2)cc1Br. The molecule has 0 aromatic carbocycles. The van der Waals surface area contributed by atoms with Gasteiger partial charge in [-0.2, -0.15) is 0 Å². The third-order valence-corrected chi connectivity index (χ3v) is 3.47. The van der Waals surface area contributed by atoms with E-state index in [9.17, 15) is 0 Å². The highest BCUT2D eigenvalue weighted by Crippen LogP contribution is 2.40. The third-order valence-electron chi connectivity index (χ3n) is 2.78. The Morgan fingerprint density at radius 3 is 2.73 bits per heavy atom. The zero-order chi connectivity index (χ0) is 10.8. The van der Waals surface area contributed by atoms with Gasteiger partial charge < -0.3 is 4.90 Å². The van der Waals surface area contributed by atoms with E-state index in [1.54, 1.807) is 0 Å². The first-order chi connectivity index (χ1) is 7.16. The van der Waals surface area contributed by atoms with E-state index in [4.69, 9.17) is 0 Å². The van der Waals surface area contributed by atoms with Crippen LogP contribution in [0.5, 0.6) is 0 Å². The normalized spacial score (nSPS) is 16.0. The minimum Gasteiger partial charge on any atom is -0.309 e. The molecular weight excluding hydrogens is 252 g/mol. The fourth-order valence-electron chi connectivity index (χ4n) is 1.63. The monoisotopic (exact) mass is 268 g/mol. The van der Waals surface area contributed by atoms with Gasteiger partial charge in [0.05, 0.1) is 5.69 Å². The highest BCUT2D eigenvalue weighted by Gasteiger charge is 2.24. The first-order valence-corrected chi connectivity index (χ1v) is 6.25. The molecule has 82 valence electrons. The molecule has 15 heavy (non-hydrogen) atoms. The van der Waals surface area contributed by atoms with Crippen molar-refractivity contribution in [3.05, 3.63) is 28.0 Å². The van der Waals surface area contributed by atoms with Crippen LogP contribution in [0.3, 0.4) is 0 Å². The van der Waals surface area contributed by atoms with Gasteiger partial charge >= 0.3 is 0 Å². The molecule has 0 bridgehead atoms. The molecule has 0 amide bonds. The minimum absolute atomic E-state index is 0.789. The molecule has 1 heterocycles. The van der Waals surface area contributed by atoms with Crippen LogP contribution in [0.4, 0.5) is 0 Å². The van der Waals surface area contributed by atoms with E-state index in [1.807, 2.05) is 6.20 Å². The fraction of sp³-hybridized carbons (Fsp3) is 0.583. The summed E-state index contributed by atoms with van der Waals surface area (Å²) in [7, 11) is 4.18. The largest absolute Gasteiger partial charge is 0.309 e. The molecule has 0 saturated heterocycles. The second kappa shape index (κ2) is 4.62. The van der Waals surface area contributed by atoms with Crippen molar-refractivity contribution in [1.82, 2.24) is 9.88 Å². The smallest absolute Gasteiger partial charge is 0.0558 e. The van der Waals surface area contributed by atoms with E-state index in [2.05, 4.69) is 46.0 Å². The van der Waals surface area contributed by atoms with Gasteiger partial charge in [0.1, 0.15) is 0 Å². The van der Waals surface area contributed by atoms with E-state index in [0.717, 1.165) is 18.9 Å². The number of hydrogen-bond donors (Lipinski definition) is 0. The van der Waals surface area contributed by atoms with E-state index in [1.165, 1.54) is 28.6 Å². The summed E-state index contributed by atoms with van der Waals surface area (Å²) >= 11 is 3.61. The first kappa shape index (κ1) is 11.1. The molecule has 0 N–H and O–H groups in total. The van der Waals surface area contributed by atoms with Crippen LogP contribution in [0.25, 0.3) is 0 Å². The number of pyridine rings is 1. The molecule has 1 fully saturated rings. The Kier molecular flexibility index (Phi) is 3.42. The van der Waals surface area contributed by atoms with Crippen molar-refractivity contribution in [2.24, 2.45) is 0 Å². The molecule has 0 aliphatic heterocycles. The van der Waals surface area contributed by atoms with Gasteiger partial charge in [0, 0.05) is 23.6 Å². The van der Waals surface area contributed by atoms with Crippen LogP contribution in [0, 0.1) is 0 Å². The van der Waals surface area contributed by atoms with Crippen molar-refractivity contribution in [3.8, 4) is 0 Å². The number of likely N-dealkylation sites (N-methyl/N-ethyl adjacent to an activating group) is 1. The van der Waals surface area contributed by atoms with Crippen LogP contribution in [-0.4, -0.2) is 30.5 Å². The average molecular weight is 269 g/mol. The molecule has 3 heteroatoms. The number of aromatic nitrogens is 1. The van der Waals surface area contributed by atoms with Gasteiger partial charge in [-0.25, -0.2) is 0 Å². The molecule has 0 spiro atoms. The molecule has 0 radical (unpaired) electrons. The Morgan fingerprint density at radius 2 is 2.20 bits per heavy atom. The van der Waals surface area contributed by atoms with Crippen LogP contribution >= 0.6 is 15.9 Å². The van der Waals surface area contributed by atoms with Crippen molar-refractivity contribution < 1.29 is 0 Å². The summed E-state index contributed by atoms with van der Waals surface area (Å²) in [6.07, 6.45) is 5.74. The van der Waals surface area contributed by atoms with Crippen molar-refractivity contribution in [3.63, 3.8) is 0 Å². The van der Waals surface area contributed by atoms with Gasteiger partial charge in [-0.05, 0) is 60.4 Å². The van der Waals surface area contributed by atoms with Crippen molar-refractivity contribution in [2.45, 2.75) is 25.2 Å². The van der Waals surface area contributed by atoms with E-state index < -0.39 is 0 Å². The topological polar surface area (TPSA) is 16.1 Å². The number of halogens is 1. The molecule has 1 aromatic heterocycles. The summed E-state index contributed by atoms with van der Waals surface area (Å²) in [5, 5.41) is 0. The number of nitrogens with zero attached hydrogens (tertiary/aromatic N) is 2. The maximum atomic E-state index is 4.54. The molecule has 2 nitrogen and oxygen atoms in total. The highest BCUT2D eigenvalue weighted by atomic mass is 79.9. The Morgan fingerprint density at radius 1 is 1.47 bits per heavy atom. The minimum atomic E-state index is 0.789. The number of rotatable bonds is 4. The quantitative estimate of drug-likeness (QED) is 0.835. The van der Waals surface area contributed by atoms with Crippen LogP contribution in [0.1, 0.15) is 30.0 Å². The molecule has 0 unspecified atom stereocenters. The second-order valence-corrected chi connectivity index (χ2v) is 5.38. The lowest BCUT2D eigenvalue weighted by Gasteiger charge is -2.10. The van der Waals surface area contributed by atoms with Crippen LogP contribution in [-0.2, 0) is 6.42 Å². The Bertz CT molecular complexity index is 345. The summed E-state index contributed by atoms with van der Waals surface area (Å²) < 4.78 is 1.17. The van der Waals surface area contributed by atoms with E-state index in [-0.39, 0.29) is 0 Å². The summed E-state index contributed by atoms with van der Waals surface area (Å²) in [5.41, 5.74) is 2.57. The molecule has 2 rings (SSSR count). The van der Waals surface area contributed by atoms with Crippen LogP contribution in [0.15, 0.2) is 16.7 Å². The zero-order valence-corrected chi connectivity index (χ0v) is 10.9. The van der Waals surface area contributed by atoms with Crippen LogP contribution in [0.2, 0.25) is 0 Å². The van der Waals surface area contributed by atoms with Gasteiger partial charge in [-0.15, -0.1) is 0 Å². The van der Waals surface area contributed by atoms with E-state index >= 15 is 0 Å². The molecule has 1 aliphatic rings. The molecule has 0 atom stereocenters. The zero-order valence-electron chi connectivity index (χ0n) is 9.33. The van der Waals surface area contributed by atoms with Gasteiger partial charge in [0.25, 0.3) is 0 Å². The average Bonchev–Trinajstić information content (AvgIpc) is 2.98. The predicted molar refractivity (Wildman–Crippen MR) is 66.2 cm³/mol. The lowest BCUT2D eigenvalue weighted by molar-refractivity contribution is 0.411. The highest BCUT2D eigenvalue weighted by molar-refractivity contribution is 9.10. The lowest BCUT2D eigenvalue weighted by Crippen LogP contribution is -2.15. The summed E-state index contributed by atoms with van der Waals surface area (Å²) in [4.78, 5) is 6.72. The molecular formula is C12H17BrN2. The van der Waals surface area contributed by atoms with Gasteiger partial charge in [0.15, 0.2) is 0 Å². The second-order valence-electron chi connectivity index (χ2n) is 4.52. The summed E-state index contributed by atoms with van der Waals surface area (Å²) in [6, 6.07) is 2.25. The van der Waals surface area contributed by atoms with Crippen LogP contribution < -0.4 is 0 Å². The first-order valence-electron chi connectivity index (χ1n) is 5.46.